The van der Waals surface area contributed by atoms with Crippen LogP contribution < -0.4 is 11.1 Å². The number of aliphatic carboxylic acids is 2. The first-order valence-electron chi connectivity index (χ1n) is 5.93. The van der Waals surface area contributed by atoms with E-state index in [9.17, 15) is 14.4 Å². The highest BCUT2D eigenvalue weighted by atomic mass is 16.4. The Hall–Kier alpha value is -2.57. The monoisotopic (exact) mass is 280 g/mol. The van der Waals surface area contributed by atoms with Gasteiger partial charge in [0.25, 0.3) is 5.91 Å². The lowest BCUT2D eigenvalue weighted by atomic mass is 10.1. The first kappa shape index (κ1) is 15.5. The van der Waals surface area contributed by atoms with Crippen LogP contribution in [0.3, 0.4) is 0 Å². The van der Waals surface area contributed by atoms with Gasteiger partial charge in [0.15, 0.2) is 0 Å². The van der Waals surface area contributed by atoms with Crippen molar-refractivity contribution in [3.63, 3.8) is 0 Å². The predicted molar refractivity (Wildman–Crippen MR) is 71.4 cm³/mol. The van der Waals surface area contributed by atoms with Crippen molar-refractivity contribution in [3.8, 4) is 0 Å². The number of rotatable bonds is 6. The minimum Gasteiger partial charge on any atom is -0.481 e. The average molecular weight is 280 g/mol. The van der Waals surface area contributed by atoms with Crippen LogP contribution >= 0.6 is 0 Å². The van der Waals surface area contributed by atoms with E-state index in [1.807, 2.05) is 0 Å². The summed E-state index contributed by atoms with van der Waals surface area (Å²) in [6.45, 7) is 1.73. The number of nitrogens with one attached hydrogen (secondary N) is 1. The molecule has 0 saturated carbocycles. The molecule has 0 saturated heterocycles. The summed E-state index contributed by atoms with van der Waals surface area (Å²) in [5.74, 6) is -2.97. The van der Waals surface area contributed by atoms with Crippen molar-refractivity contribution in [3.05, 3.63) is 29.3 Å². The minimum absolute atomic E-state index is 0.176. The molecule has 0 aliphatic carbocycles. The van der Waals surface area contributed by atoms with Gasteiger partial charge in [-0.3, -0.25) is 9.59 Å². The molecule has 0 aromatic heterocycles. The maximum atomic E-state index is 11.9. The number of hydrogen-bond donors (Lipinski definition) is 4. The fraction of sp³-hybridized carbons (Fsp3) is 0.308. The summed E-state index contributed by atoms with van der Waals surface area (Å²) in [5.41, 5.74) is 7.14. The Labute approximate surface area is 115 Å². The second-order valence-electron chi connectivity index (χ2n) is 4.37. The first-order valence-corrected chi connectivity index (χ1v) is 5.93. The van der Waals surface area contributed by atoms with E-state index in [-0.39, 0.29) is 18.4 Å². The number of aryl methyl sites for hydroxylation is 1. The minimum atomic E-state index is -1.27. The summed E-state index contributed by atoms with van der Waals surface area (Å²) in [6.07, 6.45) is -0.512. The van der Waals surface area contributed by atoms with Gasteiger partial charge in [-0.2, -0.15) is 0 Å². The van der Waals surface area contributed by atoms with Gasteiger partial charge in [0, 0.05) is 17.7 Å². The highest BCUT2D eigenvalue weighted by Crippen LogP contribution is 2.13. The molecule has 0 unspecified atom stereocenters. The van der Waals surface area contributed by atoms with E-state index in [1.165, 1.54) is 6.07 Å². The smallest absolute Gasteiger partial charge is 0.326 e. The number of anilines is 1. The number of carbonyl (C=O) groups excluding carboxylic acids is 1. The first-order chi connectivity index (χ1) is 9.31. The van der Waals surface area contributed by atoms with E-state index in [0.717, 1.165) is 0 Å². The lowest BCUT2D eigenvalue weighted by molar-refractivity contribution is -0.140. The highest BCUT2D eigenvalue weighted by molar-refractivity contribution is 5.97. The summed E-state index contributed by atoms with van der Waals surface area (Å²) in [5, 5.41) is 19.8. The SMILES string of the molecule is Cc1cc(C(=O)N[C@@H](CCC(=O)O)C(=O)O)ccc1N. The molecule has 1 atom stereocenters. The van der Waals surface area contributed by atoms with Crippen molar-refractivity contribution in [1.82, 2.24) is 5.32 Å². The molecular weight excluding hydrogens is 264 g/mol. The number of nitrogens with two attached hydrogens (primary N) is 1. The van der Waals surface area contributed by atoms with Gasteiger partial charge in [0.1, 0.15) is 6.04 Å². The predicted octanol–water partition coefficient (Wildman–Crippen LogP) is 0.625. The van der Waals surface area contributed by atoms with Crippen LogP contribution in [0, 0.1) is 6.92 Å². The van der Waals surface area contributed by atoms with Crippen LogP contribution in [0.15, 0.2) is 18.2 Å². The zero-order chi connectivity index (χ0) is 15.3. The van der Waals surface area contributed by atoms with E-state index >= 15 is 0 Å². The van der Waals surface area contributed by atoms with Gasteiger partial charge in [-0.15, -0.1) is 0 Å². The second-order valence-corrected chi connectivity index (χ2v) is 4.37. The largest absolute Gasteiger partial charge is 0.481 e. The number of nitrogen functional groups attached to an aromatic ring is 1. The zero-order valence-electron chi connectivity index (χ0n) is 10.9. The van der Waals surface area contributed by atoms with E-state index in [2.05, 4.69) is 5.32 Å². The van der Waals surface area contributed by atoms with Crippen molar-refractivity contribution in [1.29, 1.82) is 0 Å². The quantitative estimate of drug-likeness (QED) is 0.565. The Morgan fingerprint density at radius 1 is 1.30 bits per heavy atom. The molecule has 0 bridgehead atoms. The summed E-state index contributed by atoms with van der Waals surface area (Å²) in [6, 6.07) is 3.34. The fourth-order valence-electron chi connectivity index (χ4n) is 1.58. The van der Waals surface area contributed by atoms with E-state index < -0.39 is 23.9 Å². The van der Waals surface area contributed by atoms with Crippen molar-refractivity contribution >= 4 is 23.5 Å². The van der Waals surface area contributed by atoms with Gasteiger partial charge in [0.05, 0.1) is 0 Å². The van der Waals surface area contributed by atoms with Gasteiger partial charge in [0.2, 0.25) is 0 Å². The Balaban J connectivity index is 2.77. The molecule has 1 rings (SSSR count). The number of carbonyl (C=O) groups is 3. The molecular formula is C13H16N2O5. The molecule has 0 heterocycles. The lowest BCUT2D eigenvalue weighted by Crippen LogP contribution is -2.41. The summed E-state index contributed by atoms with van der Waals surface area (Å²) in [7, 11) is 0. The molecule has 7 nitrogen and oxygen atoms in total. The molecule has 0 aliphatic heterocycles. The summed E-state index contributed by atoms with van der Waals surface area (Å²) < 4.78 is 0. The third kappa shape index (κ3) is 4.27. The summed E-state index contributed by atoms with van der Waals surface area (Å²) >= 11 is 0. The Kier molecular flexibility index (Phi) is 5.08. The topological polar surface area (TPSA) is 130 Å². The molecule has 0 aliphatic rings. The number of hydrogen-bond acceptors (Lipinski definition) is 4. The van der Waals surface area contributed by atoms with Crippen LogP contribution in [0.1, 0.15) is 28.8 Å². The molecule has 5 N–H and O–H groups in total. The molecule has 7 heteroatoms. The molecule has 1 amide bonds. The van der Waals surface area contributed by atoms with E-state index in [1.54, 1.807) is 19.1 Å². The number of benzene rings is 1. The van der Waals surface area contributed by atoms with E-state index in [4.69, 9.17) is 15.9 Å². The molecule has 108 valence electrons. The van der Waals surface area contributed by atoms with Crippen molar-refractivity contribution in [2.45, 2.75) is 25.8 Å². The van der Waals surface area contributed by atoms with Crippen molar-refractivity contribution < 1.29 is 24.6 Å². The molecule has 20 heavy (non-hydrogen) atoms. The van der Waals surface area contributed by atoms with Crippen molar-refractivity contribution in [2.75, 3.05) is 5.73 Å². The molecule has 0 fully saturated rings. The van der Waals surface area contributed by atoms with Gasteiger partial charge in [-0.05, 0) is 37.1 Å². The summed E-state index contributed by atoms with van der Waals surface area (Å²) in [4.78, 5) is 33.3. The Morgan fingerprint density at radius 2 is 1.95 bits per heavy atom. The van der Waals surface area contributed by atoms with E-state index in [0.29, 0.717) is 11.3 Å². The van der Waals surface area contributed by atoms with Gasteiger partial charge in [-0.1, -0.05) is 0 Å². The van der Waals surface area contributed by atoms with Crippen LogP contribution in [-0.2, 0) is 9.59 Å². The molecule has 1 aromatic carbocycles. The van der Waals surface area contributed by atoms with Crippen LogP contribution in [0.4, 0.5) is 5.69 Å². The number of carboxylic acid groups (broad SMARTS) is 2. The van der Waals surface area contributed by atoms with Crippen LogP contribution in [0.5, 0.6) is 0 Å². The Morgan fingerprint density at radius 3 is 2.45 bits per heavy atom. The standard InChI is InChI=1S/C13H16N2O5/c1-7-6-8(2-3-9(7)14)12(18)15-10(13(19)20)4-5-11(16)17/h2-3,6,10H,4-5,14H2,1H3,(H,15,18)(H,16,17)(H,19,20)/t10-/m0/s1. The second kappa shape index (κ2) is 6.55. The molecule has 0 spiro atoms. The normalized spacial score (nSPS) is 11.7. The van der Waals surface area contributed by atoms with Crippen LogP contribution in [0.2, 0.25) is 0 Å². The highest BCUT2D eigenvalue weighted by Gasteiger charge is 2.21. The molecule has 1 aromatic rings. The van der Waals surface area contributed by atoms with Gasteiger partial charge < -0.3 is 21.3 Å². The third-order valence-corrected chi connectivity index (χ3v) is 2.78. The van der Waals surface area contributed by atoms with Gasteiger partial charge >= 0.3 is 11.9 Å². The van der Waals surface area contributed by atoms with Crippen LogP contribution in [-0.4, -0.2) is 34.1 Å². The van der Waals surface area contributed by atoms with Crippen LogP contribution in [0.25, 0.3) is 0 Å². The zero-order valence-corrected chi connectivity index (χ0v) is 10.9. The maximum absolute atomic E-state index is 11.9. The number of amides is 1. The molecule has 0 radical (unpaired) electrons. The third-order valence-electron chi connectivity index (χ3n) is 2.78. The lowest BCUT2D eigenvalue weighted by Gasteiger charge is -2.14. The van der Waals surface area contributed by atoms with Gasteiger partial charge in [-0.25, -0.2) is 4.79 Å². The van der Waals surface area contributed by atoms with Crippen molar-refractivity contribution in [2.24, 2.45) is 0 Å². The Bertz CT molecular complexity index is 542. The number of carboxylic acids is 2. The average Bonchev–Trinajstić information content (AvgIpc) is 2.36. The fourth-order valence-corrected chi connectivity index (χ4v) is 1.58. The maximum Gasteiger partial charge on any atom is 0.326 e.